The number of para-hydroxylation sites is 1. The summed E-state index contributed by atoms with van der Waals surface area (Å²) in [6.07, 6.45) is 1.10. The van der Waals surface area contributed by atoms with Crippen LogP contribution in [0.1, 0.15) is 27.1 Å². The number of benzene rings is 2. The van der Waals surface area contributed by atoms with E-state index in [0.717, 1.165) is 18.7 Å². The molecule has 0 fully saturated rings. The van der Waals surface area contributed by atoms with Gasteiger partial charge in [-0.05, 0) is 36.4 Å². The van der Waals surface area contributed by atoms with Crippen molar-refractivity contribution in [3.05, 3.63) is 59.7 Å². The Labute approximate surface area is 145 Å². The van der Waals surface area contributed by atoms with Gasteiger partial charge in [-0.25, -0.2) is 0 Å². The zero-order chi connectivity index (χ0) is 16.5. The van der Waals surface area contributed by atoms with Gasteiger partial charge in [-0.2, -0.15) is 0 Å². The van der Waals surface area contributed by atoms with E-state index in [4.69, 9.17) is 0 Å². The zero-order valence-electron chi connectivity index (χ0n) is 13.3. The summed E-state index contributed by atoms with van der Waals surface area (Å²) in [6, 6.07) is 15.4. The highest BCUT2D eigenvalue weighted by Gasteiger charge is 2.35. The number of amides is 2. The molecule has 0 saturated carbocycles. The van der Waals surface area contributed by atoms with Gasteiger partial charge in [-0.3, -0.25) is 14.5 Å². The van der Waals surface area contributed by atoms with Gasteiger partial charge >= 0.3 is 0 Å². The molecule has 2 amide bonds. The van der Waals surface area contributed by atoms with E-state index in [9.17, 15) is 9.59 Å². The monoisotopic (exact) mass is 338 g/mol. The highest BCUT2D eigenvalue weighted by atomic mass is 32.2. The lowest BCUT2D eigenvalue weighted by molar-refractivity contribution is 0.0658. The molecular weight excluding hydrogens is 320 g/mol. The fourth-order valence-corrected chi connectivity index (χ4v) is 4.31. The number of nitrogens with zero attached hydrogens (tertiary/aromatic N) is 2. The van der Waals surface area contributed by atoms with E-state index in [-0.39, 0.29) is 11.8 Å². The van der Waals surface area contributed by atoms with E-state index in [0.29, 0.717) is 24.2 Å². The molecule has 2 aliphatic rings. The van der Waals surface area contributed by atoms with Crippen LogP contribution in [0.3, 0.4) is 0 Å². The SMILES string of the molecule is O=C1c2ccccc2C(=O)N1CCN1CCCSc2ccccc21. The maximum absolute atomic E-state index is 12.5. The van der Waals surface area contributed by atoms with E-state index < -0.39 is 0 Å². The van der Waals surface area contributed by atoms with Crippen LogP contribution in [0.5, 0.6) is 0 Å². The number of rotatable bonds is 3. The first kappa shape index (κ1) is 15.3. The van der Waals surface area contributed by atoms with Gasteiger partial charge in [0.2, 0.25) is 0 Å². The minimum Gasteiger partial charge on any atom is -0.369 e. The molecule has 2 aromatic carbocycles. The molecule has 0 N–H and O–H groups in total. The summed E-state index contributed by atoms with van der Waals surface area (Å²) >= 11 is 1.87. The van der Waals surface area contributed by atoms with E-state index in [1.165, 1.54) is 15.5 Å². The lowest BCUT2D eigenvalue weighted by atomic mass is 10.1. The van der Waals surface area contributed by atoms with E-state index >= 15 is 0 Å². The Morgan fingerprint density at radius 2 is 1.54 bits per heavy atom. The van der Waals surface area contributed by atoms with Gasteiger partial charge in [0.15, 0.2) is 0 Å². The molecule has 2 heterocycles. The standard InChI is InChI=1S/C19H18N2O2S/c22-18-14-6-1-2-7-15(14)19(23)21(18)12-11-20-10-5-13-24-17-9-4-3-8-16(17)20/h1-4,6-9H,5,10-13H2. The smallest absolute Gasteiger partial charge is 0.261 e. The first-order valence-electron chi connectivity index (χ1n) is 8.18. The van der Waals surface area contributed by atoms with Gasteiger partial charge in [0.25, 0.3) is 11.8 Å². The van der Waals surface area contributed by atoms with E-state index in [2.05, 4.69) is 23.1 Å². The van der Waals surface area contributed by atoms with Crippen molar-refractivity contribution in [1.29, 1.82) is 0 Å². The minimum absolute atomic E-state index is 0.173. The van der Waals surface area contributed by atoms with Crippen LogP contribution in [0.25, 0.3) is 0 Å². The number of thioether (sulfide) groups is 1. The summed E-state index contributed by atoms with van der Waals surface area (Å²) < 4.78 is 0. The summed E-state index contributed by atoms with van der Waals surface area (Å²) in [6.45, 7) is 2.04. The second kappa shape index (κ2) is 6.32. The van der Waals surface area contributed by atoms with Crippen LogP contribution in [0, 0.1) is 0 Å². The maximum Gasteiger partial charge on any atom is 0.261 e. The van der Waals surface area contributed by atoms with Crippen LogP contribution in [0.2, 0.25) is 0 Å². The molecule has 0 atom stereocenters. The normalized spacial score (nSPS) is 16.8. The van der Waals surface area contributed by atoms with Gasteiger partial charge in [0, 0.05) is 24.5 Å². The van der Waals surface area contributed by atoms with Crippen molar-refractivity contribution in [3.63, 3.8) is 0 Å². The number of anilines is 1. The average Bonchev–Trinajstić information content (AvgIpc) is 2.77. The number of hydrogen-bond acceptors (Lipinski definition) is 4. The Balaban J connectivity index is 1.52. The Kier molecular flexibility index (Phi) is 4.02. The minimum atomic E-state index is -0.173. The topological polar surface area (TPSA) is 40.6 Å². The molecule has 2 aromatic rings. The van der Waals surface area contributed by atoms with Gasteiger partial charge in [-0.1, -0.05) is 24.3 Å². The molecular formula is C19H18N2O2S. The van der Waals surface area contributed by atoms with Crippen molar-refractivity contribution >= 4 is 29.3 Å². The predicted molar refractivity (Wildman–Crippen MR) is 95.8 cm³/mol. The first-order chi connectivity index (χ1) is 11.8. The summed E-state index contributed by atoms with van der Waals surface area (Å²) in [5.41, 5.74) is 2.25. The number of imide groups is 1. The van der Waals surface area contributed by atoms with Gasteiger partial charge in [0.05, 0.1) is 16.8 Å². The summed E-state index contributed by atoms with van der Waals surface area (Å²) in [7, 11) is 0. The quantitative estimate of drug-likeness (QED) is 0.805. The van der Waals surface area contributed by atoms with Crippen molar-refractivity contribution in [1.82, 2.24) is 4.90 Å². The Hall–Kier alpha value is -2.27. The van der Waals surface area contributed by atoms with Crippen LogP contribution in [-0.4, -0.2) is 42.1 Å². The van der Waals surface area contributed by atoms with Crippen molar-refractivity contribution in [3.8, 4) is 0 Å². The molecule has 0 saturated heterocycles. The van der Waals surface area contributed by atoms with Crippen LogP contribution in [0.4, 0.5) is 5.69 Å². The summed E-state index contributed by atoms with van der Waals surface area (Å²) in [4.78, 5) is 29.9. The van der Waals surface area contributed by atoms with E-state index in [1.807, 2.05) is 17.8 Å². The van der Waals surface area contributed by atoms with Gasteiger partial charge in [0.1, 0.15) is 0 Å². The molecule has 4 nitrogen and oxygen atoms in total. The molecule has 0 bridgehead atoms. The molecule has 0 aliphatic carbocycles. The van der Waals surface area contributed by atoms with Crippen LogP contribution in [0.15, 0.2) is 53.4 Å². The highest BCUT2D eigenvalue weighted by Crippen LogP contribution is 2.33. The molecule has 4 rings (SSSR count). The third-order valence-corrected chi connectivity index (χ3v) is 5.66. The number of carbonyl (C=O) groups is 2. The summed E-state index contributed by atoms with van der Waals surface area (Å²) in [5.74, 6) is 0.752. The molecule has 0 spiro atoms. The third kappa shape index (κ3) is 2.59. The lowest BCUT2D eigenvalue weighted by Crippen LogP contribution is -2.38. The van der Waals surface area contributed by atoms with Gasteiger partial charge < -0.3 is 4.90 Å². The molecule has 5 heteroatoms. The fraction of sp³-hybridized carbons (Fsp3) is 0.263. The second-order valence-corrected chi connectivity index (χ2v) is 7.10. The predicted octanol–water partition coefficient (Wildman–Crippen LogP) is 3.29. The van der Waals surface area contributed by atoms with Crippen molar-refractivity contribution in [2.45, 2.75) is 11.3 Å². The fourth-order valence-electron chi connectivity index (χ4n) is 3.29. The van der Waals surface area contributed by atoms with Gasteiger partial charge in [-0.15, -0.1) is 11.8 Å². The Morgan fingerprint density at radius 3 is 2.29 bits per heavy atom. The highest BCUT2D eigenvalue weighted by molar-refractivity contribution is 7.99. The van der Waals surface area contributed by atoms with Crippen molar-refractivity contribution < 1.29 is 9.59 Å². The van der Waals surface area contributed by atoms with Crippen molar-refractivity contribution in [2.24, 2.45) is 0 Å². The number of fused-ring (bicyclic) bond motifs is 2. The van der Waals surface area contributed by atoms with Crippen LogP contribution in [-0.2, 0) is 0 Å². The molecule has 0 aromatic heterocycles. The molecule has 2 aliphatic heterocycles. The number of hydrogen-bond donors (Lipinski definition) is 0. The first-order valence-corrected chi connectivity index (χ1v) is 9.16. The largest absolute Gasteiger partial charge is 0.369 e. The third-order valence-electron chi connectivity index (χ3n) is 4.51. The number of carbonyl (C=O) groups excluding carboxylic acids is 2. The van der Waals surface area contributed by atoms with Crippen molar-refractivity contribution in [2.75, 3.05) is 30.3 Å². The average molecular weight is 338 g/mol. The molecule has 0 radical (unpaired) electrons. The second-order valence-electron chi connectivity index (χ2n) is 5.96. The zero-order valence-corrected chi connectivity index (χ0v) is 14.1. The Morgan fingerprint density at radius 1 is 0.875 bits per heavy atom. The Bertz CT molecular complexity index is 770. The lowest BCUT2D eigenvalue weighted by Gasteiger charge is -2.26. The van der Waals surface area contributed by atoms with Crippen LogP contribution < -0.4 is 4.90 Å². The summed E-state index contributed by atoms with van der Waals surface area (Å²) in [5, 5.41) is 0. The maximum atomic E-state index is 12.5. The molecule has 122 valence electrons. The van der Waals surface area contributed by atoms with E-state index in [1.54, 1.807) is 24.3 Å². The molecule has 24 heavy (non-hydrogen) atoms. The molecule has 0 unspecified atom stereocenters. The van der Waals surface area contributed by atoms with Crippen LogP contribution >= 0.6 is 11.8 Å².